The molecule has 0 unspecified atom stereocenters. The highest BCUT2D eigenvalue weighted by Gasteiger charge is 2.26. The average Bonchev–Trinajstić information content (AvgIpc) is 3.17. The molecule has 278 valence electrons. The predicted molar refractivity (Wildman–Crippen MR) is 206 cm³/mol. The van der Waals surface area contributed by atoms with Crippen LogP contribution in [0.1, 0.15) is 27.0 Å². The van der Waals surface area contributed by atoms with Gasteiger partial charge in [-0.05, 0) is 65.2 Å². The Balaban J connectivity index is 0.923. The zero-order chi connectivity index (χ0) is 38.5. The van der Waals surface area contributed by atoms with Gasteiger partial charge in [-0.1, -0.05) is 59.6 Å². The summed E-state index contributed by atoms with van der Waals surface area (Å²) in [4.78, 5) is 45.4. The summed E-state index contributed by atoms with van der Waals surface area (Å²) in [6.07, 6.45) is 1.91. The monoisotopic (exact) mass is 780 g/mol. The van der Waals surface area contributed by atoms with Crippen LogP contribution in [0.15, 0.2) is 97.3 Å². The van der Waals surface area contributed by atoms with Gasteiger partial charge in [-0.2, -0.15) is 0 Å². The number of amides is 4. The zero-order valence-electron chi connectivity index (χ0n) is 29.0. The summed E-state index contributed by atoms with van der Waals surface area (Å²) in [6.45, 7) is 0.474. The number of benzene rings is 5. The molecule has 1 aliphatic rings. The van der Waals surface area contributed by atoms with E-state index in [0.29, 0.717) is 68.0 Å². The number of nitrogens with zero attached hydrogens (tertiary/aromatic N) is 2. The predicted octanol–water partition coefficient (Wildman–Crippen LogP) is 8.38. The van der Waals surface area contributed by atoms with E-state index in [0.717, 1.165) is 11.1 Å². The molecule has 0 radical (unpaired) electrons. The van der Waals surface area contributed by atoms with Crippen molar-refractivity contribution in [3.63, 3.8) is 0 Å². The van der Waals surface area contributed by atoms with Gasteiger partial charge >= 0.3 is 6.03 Å². The molecule has 15 heteroatoms. The lowest BCUT2D eigenvalue weighted by Crippen LogP contribution is -2.37. The smallest absolute Gasteiger partial charge is 0.319 e. The van der Waals surface area contributed by atoms with Crippen LogP contribution in [0.5, 0.6) is 23.0 Å². The number of ether oxygens (including phenoxy) is 3. The third-order valence-electron chi connectivity index (χ3n) is 8.61. The van der Waals surface area contributed by atoms with E-state index < -0.39 is 17.8 Å². The lowest BCUT2D eigenvalue weighted by atomic mass is 9.99. The van der Waals surface area contributed by atoms with Crippen molar-refractivity contribution in [3.05, 3.63) is 135 Å². The summed E-state index contributed by atoms with van der Waals surface area (Å²) in [6, 6.07) is 25.0. The number of imide groups is 1. The van der Waals surface area contributed by atoms with E-state index >= 15 is 0 Å². The van der Waals surface area contributed by atoms with E-state index in [2.05, 4.69) is 31.2 Å². The number of hydrogen-bond donors (Lipinski definition) is 4. The van der Waals surface area contributed by atoms with Crippen LogP contribution in [0.4, 0.5) is 26.4 Å². The van der Waals surface area contributed by atoms with Gasteiger partial charge in [0.1, 0.15) is 23.6 Å². The molecule has 0 atom stereocenters. The molecule has 1 aliphatic heterocycles. The second kappa shape index (κ2) is 16.3. The van der Waals surface area contributed by atoms with E-state index in [1.165, 1.54) is 19.5 Å². The van der Waals surface area contributed by atoms with Crippen molar-refractivity contribution in [2.45, 2.75) is 19.4 Å². The minimum absolute atomic E-state index is 0.0195. The summed E-state index contributed by atoms with van der Waals surface area (Å²) < 4.78 is 32.2. The Hall–Kier alpha value is -6.44. The standard InChI is InChI=1S/C40H31Cl2FN6O6/c1-53-33-19-31-27(38(46-21-45-31)48-30-6-3-5-28(41)37(30)43)18-34(33)54-15-14-23-10-11-25(17-29(23)42)47-40(52)44-20-22-8-12-26(13-9-22)55-32-7-2-4-24-16-35(50)49-39(51)36(24)32/h2-13,17-19,21H,14-16,20H2,1H3,(H2,44,47,52)(H,45,46,48)(H,49,50,51). The van der Waals surface area contributed by atoms with Crippen LogP contribution in [-0.2, 0) is 24.2 Å². The minimum Gasteiger partial charge on any atom is -0.493 e. The Morgan fingerprint density at radius 2 is 1.73 bits per heavy atom. The number of hydrogen-bond acceptors (Lipinski definition) is 9. The van der Waals surface area contributed by atoms with Crippen LogP contribution in [-0.4, -0.2) is 41.5 Å². The summed E-state index contributed by atoms with van der Waals surface area (Å²) in [5, 5.41) is 11.9. The molecule has 4 amide bonds. The second-order valence-corrected chi connectivity index (χ2v) is 13.1. The summed E-state index contributed by atoms with van der Waals surface area (Å²) >= 11 is 12.5. The van der Waals surface area contributed by atoms with Gasteiger partial charge in [-0.15, -0.1) is 0 Å². The van der Waals surface area contributed by atoms with Crippen LogP contribution in [0.3, 0.4) is 0 Å². The molecule has 0 aliphatic carbocycles. The quantitative estimate of drug-likeness (QED) is 0.0898. The van der Waals surface area contributed by atoms with Gasteiger partial charge in [0.25, 0.3) is 5.91 Å². The van der Waals surface area contributed by atoms with Gasteiger partial charge in [-0.25, -0.2) is 19.2 Å². The number of aromatic nitrogens is 2. The molecule has 6 aromatic rings. The summed E-state index contributed by atoms with van der Waals surface area (Å²) in [5.41, 5.74) is 3.77. The van der Waals surface area contributed by atoms with Gasteiger partial charge in [0.2, 0.25) is 5.91 Å². The Labute approximate surface area is 323 Å². The zero-order valence-corrected chi connectivity index (χ0v) is 30.6. The Kier molecular flexibility index (Phi) is 10.9. The average molecular weight is 782 g/mol. The molecule has 5 aromatic carbocycles. The highest BCUT2D eigenvalue weighted by atomic mass is 35.5. The highest BCUT2D eigenvalue weighted by Crippen LogP contribution is 2.36. The highest BCUT2D eigenvalue weighted by molar-refractivity contribution is 6.31. The number of carbonyl (C=O) groups is 3. The normalized spacial score (nSPS) is 12.1. The molecule has 7 rings (SSSR count). The lowest BCUT2D eigenvalue weighted by molar-refractivity contribution is -0.119. The first-order valence-electron chi connectivity index (χ1n) is 16.9. The first-order chi connectivity index (χ1) is 26.6. The van der Waals surface area contributed by atoms with Crippen LogP contribution in [0, 0.1) is 5.82 Å². The van der Waals surface area contributed by atoms with E-state index in [1.54, 1.807) is 84.9 Å². The van der Waals surface area contributed by atoms with Gasteiger partial charge in [0.05, 0.1) is 41.9 Å². The number of nitrogens with one attached hydrogen (secondary N) is 4. The lowest BCUT2D eigenvalue weighted by Gasteiger charge is -2.18. The van der Waals surface area contributed by atoms with Crippen molar-refractivity contribution < 1.29 is 33.0 Å². The fourth-order valence-corrected chi connectivity index (χ4v) is 6.35. The molecule has 2 heterocycles. The molecule has 0 bridgehead atoms. The van der Waals surface area contributed by atoms with E-state index in [4.69, 9.17) is 37.4 Å². The van der Waals surface area contributed by atoms with E-state index in [1.807, 2.05) is 0 Å². The third kappa shape index (κ3) is 8.53. The SMILES string of the molecule is COc1cc2ncnc(Nc3cccc(Cl)c3F)c2cc1OCCc1ccc(NC(=O)NCc2ccc(Oc3cccc4c3C(=O)NC(=O)C4)cc2)cc1Cl. The molecule has 0 saturated heterocycles. The maximum atomic E-state index is 14.6. The first-order valence-corrected chi connectivity index (χ1v) is 17.6. The number of anilines is 3. The fraction of sp³-hybridized carbons (Fsp3) is 0.125. The first kappa shape index (κ1) is 36.9. The van der Waals surface area contributed by atoms with Crippen molar-refractivity contribution >= 4 is 69.1 Å². The Morgan fingerprint density at radius 3 is 2.53 bits per heavy atom. The third-order valence-corrected chi connectivity index (χ3v) is 9.26. The number of rotatable bonds is 12. The topological polar surface area (TPSA) is 153 Å². The fourth-order valence-electron chi connectivity index (χ4n) is 5.90. The number of halogens is 3. The van der Waals surface area contributed by atoms with Gasteiger partial charge in [0, 0.05) is 35.1 Å². The molecule has 0 saturated carbocycles. The van der Waals surface area contributed by atoms with Crippen molar-refractivity contribution in [1.82, 2.24) is 20.6 Å². The number of urea groups is 1. The van der Waals surface area contributed by atoms with Crippen LogP contribution < -0.4 is 35.5 Å². The molecule has 0 spiro atoms. The largest absolute Gasteiger partial charge is 0.493 e. The van der Waals surface area contributed by atoms with Crippen molar-refractivity contribution in [2.75, 3.05) is 24.4 Å². The van der Waals surface area contributed by atoms with Crippen LogP contribution >= 0.6 is 23.2 Å². The maximum Gasteiger partial charge on any atom is 0.319 e. The maximum absolute atomic E-state index is 14.6. The Bertz CT molecular complexity index is 2450. The van der Waals surface area contributed by atoms with Gasteiger partial charge in [-0.3, -0.25) is 14.9 Å². The summed E-state index contributed by atoms with van der Waals surface area (Å²) in [7, 11) is 1.52. The van der Waals surface area contributed by atoms with E-state index in [9.17, 15) is 18.8 Å². The van der Waals surface area contributed by atoms with Crippen molar-refractivity contribution in [1.29, 1.82) is 0 Å². The number of fused-ring (bicyclic) bond motifs is 2. The second-order valence-electron chi connectivity index (χ2n) is 12.3. The molecular formula is C40H31Cl2FN6O6. The molecule has 1 aromatic heterocycles. The van der Waals surface area contributed by atoms with Gasteiger partial charge < -0.3 is 30.2 Å². The van der Waals surface area contributed by atoms with Crippen molar-refractivity contribution in [2.24, 2.45) is 0 Å². The van der Waals surface area contributed by atoms with Crippen LogP contribution in [0.2, 0.25) is 10.0 Å². The Morgan fingerprint density at radius 1 is 0.909 bits per heavy atom. The van der Waals surface area contributed by atoms with Gasteiger partial charge in [0.15, 0.2) is 17.3 Å². The van der Waals surface area contributed by atoms with E-state index in [-0.39, 0.29) is 36.2 Å². The molecule has 4 N–H and O–H groups in total. The molecule has 12 nitrogen and oxygen atoms in total. The number of methoxy groups -OCH3 is 1. The number of carbonyl (C=O) groups excluding carboxylic acids is 3. The molecule has 55 heavy (non-hydrogen) atoms. The van der Waals surface area contributed by atoms with Crippen molar-refractivity contribution in [3.8, 4) is 23.0 Å². The summed E-state index contributed by atoms with van der Waals surface area (Å²) in [5.74, 6) is 0.633. The molecular weight excluding hydrogens is 750 g/mol. The minimum atomic E-state index is -0.600. The van der Waals surface area contributed by atoms with Crippen LogP contribution in [0.25, 0.3) is 10.9 Å². The molecule has 0 fully saturated rings.